The molecule has 2 rings (SSSR count). The largest absolute Gasteiger partial charge is 0.355 e. The summed E-state index contributed by atoms with van der Waals surface area (Å²) in [6.07, 6.45) is 1.45. The number of amides is 2. The zero-order valence-corrected chi connectivity index (χ0v) is 22.0. The topological polar surface area (TPSA) is 86.8 Å². The molecule has 9 heteroatoms. The van der Waals surface area contributed by atoms with Gasteiger partial charge in [0.25, 0.3) is 0 Å². The molecule has 0 aliphatic heterocycles. The van der Waals surface area contributed by atoms with Crippen LogP contribution < -0.4 is 9.62 Å². The molecule has 186 valence electrons. The molecule has 1 N–H and O–H groups in total. The van der Waals surface area contributed by atoms with Gasteiger partial charge in [-0.05, 0) is 54.7 Å². The maximum Gasteiger partial charge on any atom is 0.244 e. The van der Waals surface area contributed by atoms with Gasteiger partial charge in [-0.3, -0.25) is 13.9 Å². The van der Waals surface area contributed by atoms with Crippen LogP contribution in [0.25, 0.3) is 0 Å². The predicted molar refractivity (Wildman–Crippen MR) is 137 cm³/mol. The standard InChI is InChI=1S/C25H34ClN3O4S/c1-6-23(25(31)27-7-2)28(16-19-8-12-21(26)13-9-19)24(30)17-29(34(5,32)33)22-14-10-20(11-15-22)18(3)4/h8-15,18,23H,6-7,16-17H2,1-5H3,(H,27,31). The lowest BCUT2D eigenvalue weighted by atomic mass is 10.0. The molecule has 7 nitrogen and oxygen atoms in total. The lowest BCUT2D eigenvalue weighted by Crippen LogP contribution is -2.52. The molecule has 1 unspecified atom stereocenters. The van der Waals surface area contributed by atoms with E-state index < -0.39 is 28.5 Å². The molecule has 0 radical (unpaired) electrons. The van der Waals surface area contributed by atoms with Crippen LogP contribution in [-0.2, 0) is 26.2 Å². The summed E-state index contributed by atoms with van der Waals surface area (Å²) in [6.45, 7) is 7.89. The first-order valence-corrected chi connectivity index (χ1v) is 13.6. The van der Waals surface area contributed by atoms with Gasteiger partial charge < -0.3 is 10.2 Å². The zero-order chi connectivity index (χ0) is 25.5. The minimum atomic E-state index is -3.75. The SMILES string of the molecule is CCNC(=O)C(CC)N(Cc1ccc(Cl)cc1)C(=O)CN(c1ccc(C(C)C)cc1)S(C)(=O)=O. The van der Waals surface area contributed by atoms with Crippen LogP contribution in [0, 0.1) is 0 Å². The summed E-state index contributed by atoms with van der Waals surface area (Å²) in [5.74, 6) is -0.453. The number of carbonyl (C=O) groups excluding carboxylic acids is 2. The van der Waals surface area contributed by atoms with Crippen molar-refractivity contribution in [3.63, 3.8) is 0 Å². The Kier molecular flexibility index (Phi) is 9.94. The quantitative estimate of drug-likeness (QED) is 0.494. The van der Waals surface area contributed by atoms with E-state index in [4.69, 9.17) is 11.6 Å². The molecule has 2 aromatic carbocycles. The lowest BCUT2D eigenvalue weighted by molar-refractivity contribution is -0.140. The Morgan fingerprint density at radius 2 is 1.59 bits per heavy atom. The smallest absolute Gasteiger partial charge is 0.244 e. The van der Waals surface area contributed by atoms with Crippen LogP contribution in [0.3, 0.4) is 0 Å². The third-order valence-corrected chi connectivity index (χ3v) is 6.92. The Morgan fingerprint density at radius 1 is 1.00 bits per heavy atom. The first kappa shape index (κ1) is 27.7. The molecule has 0 fully saturated rings. The summed E-state index contributed by atoms with van der Waals surface area (Å²) in [7, 11) is -3.75. The van der Waals surface area contributed by atoms with Crippen LogP contribution in [0.4, 0.5) is 5.69 Å². The number of rotatable bonds is 11. The summed E-state index contributed by atoms with van der Waals surface area (Å²) in [4.78, 5) is 27.7. The minimum absolute atomic E-state index is 0.148. The molecular formula is C25H34ClN3O4S. The van der Waals surface area contributed by atoms with Gasteiger partial charge >= 0.3 is 0 Å². The van der Waals surface area contributed by atoms with Crippen molar-refractivity contribution < 1.29 is 18.0 Å². The van der Waals surface area contributed by atoms with Crippen molar-refractivity contribution in [2.75, 3.05) is 23.7 Å². The number of nitrogens with one attached hydrogen (secondary N) is 1. The molecular weight excluding hydrogens is 474 g/mol. The first-order chi connectivity index (χ1) is 16.0. The zero-order valence-electron chi connectivity index (χ0n) is 20.4. The van der Waals surface area contributed by atoms with Crippen molar-refractivity contribution in [3.05, 3.63) is 64.7 Å². The fraction of sp³-hybridized carbons (Fsp3) is 0.440. The van der Waals surface area contributed by atoms with Crippen LogP contribution in [0.5, 0.6) is 0 Å². The highest BCUT2D eigenvalue weighted by molar-refractivity contribution is 7.92. The summed E-state index contributed by atoms with van der Waals surface area (Å²) < 4.78 is 26.4. The normalized spacial score (nSPS) is 12.3. The maximum absolute atomic E-state index is 13.5. The number of sulfonamides is 1. The summed E-state index contributed by atoms with van der Waals surface area (Å²) in [6, 6.07) is 13.4. The molecule has 0 aliphatic rings. The highest BCUT2D eigenvalue weighted by atomic mass is 35.5. The number of anilines is 1. The molecule has 2 aromatic rings. The van der Waals surface area contributed by atoms with Gasteiger partial charge in [0, 0.05) is 18.1 Å². The maximum atomic E-state index is 13.5. The second-order valence-electron chi connectivity index (χ2n) is 8.48. The van der Waals surface area contributed by atoms with Crippen LogP contribution in [0.2, 0.25) is 5.02 Å². The Morgan fingerprint density at radius 3 is 2.06 bits per heavy atom. The van der Waals surface area contributed by atoms with E-state index in [0.29, 0.717) is 29.6 Å². The third kappa shape index (κ3) is 7.46. The number of hydrogen-bond donors (Lipinski definition) is 1. The van der Waals surface area contributed by atoms with Crippen molar-refractivity contribution >= 4 is 39.1 Å². The molecule has 0 bridgehead atoms. The highest BCUT2D eigenvalue weighted by Crippen LogP contribution is 2.23. The fourth-order valence-corrected chi connectivity index (χ4v) is 4.61. The Labute approximate surface area is 208 Å². The van der Waals surface area contributed by atoms with Gasteiger partial charge in [0.15, 0.2) is 0 Å². The second kappa shape index (κ2) is 12.2. The van der Waals surface area contributed by atoms with E-state index in [1.807, 2.05) is 39.8 Å². The molecule has 34 heavy (non-hydrogen) atoms. The minimum Gasteiger partial charge on any atom is -0.355 e. The average molecular weight is 508 g/mol. The van der Waals surface area contributed by atoms with Crippen LogP contribution in [-0.4, -0.2) is 50.5 Å². The molecule has 0 aliphatic carbocycles. The van der Waals surface area contributed by atoms with Crippen molar-refractivity contribution in [1.82, 2.24) is 10.2 Å². The van der Waals surface area contributed by atoms with Gasteiger partial charge in [0.05, 0.1) is 11.9 Å². The van der Waals surface area contributed by atoms with Crippen LogP contribution in [0.15, 0.2) is 48.5 Å². The monoisotopic (exact) mass is 507 g/mol. The number of halogens is 1. The Bertz CT molecular complexity index is 1070. The molecule has 0 heterocycles. The average Bonchev–Trinajstić information content (AvgIpc) is 2.78. The first-order valence-electron chi connectivity index (χ1n) is 11.4. The summed E-state index contributed by atoms with van der Waals surface area (Å²) in [5.41, 5.74) is 2.25. The number of carbonyl (C=O) groups is 2. The van der Waals surface area contributed by atoms with Crippen molar-refractivity contribution in [2.45, 2.75) is 52.6 Å². The molecule has 0 spiro atoms. The molecule has 0 aromatic heterocycles. The van der Waals surface area contributed by atoms with Crippen LogP contribution >= 0.6 is 11.6 Å². The number of nitrogens with zero attached hydrogens (tertiary/aromatic N) is 2. The predicted octanol–water partition coefficient (Wildman–Crippen LogP) is 4.17. The second-order valence-corrected chi connectivity index (χ2v) is 10.8. The Hall–Kier alpha value is -2.58. The van der Waals surface area contributed by atoms with E-state index in [-0.39, 0.29) is 12.5 Å². The lowest BCUT2D eigenvalue weighted by Gasteiger charge is -2.32. The van der Waals surface area contributed by atoms with E-state index in [1.54, 1.807) is 36.4 Å². The van der Waals surface area contributed by atoms with Gasteiger partial charge in [-0.2, -0.15) is 0 Å². The van der Waals surface area contributed by atoms with Gasteiger partial charge in [-0.1, -0.05) is 56.6 Å². The van der Waals surface area contributed by atoms with E-state index in [9.17, 15) is 18.0 Å². The van der Waals surface area contributed by atoms with Gasteiger partial charge in [-0.15, -0.1) is 0 Å². The van der Waals surface area contributed by atoms with Crippen molar-refractivity contribution in [3.8, 4) is 0 Å². The van der Waals surface area contributed by atoms with E-state index >= 15 is 0 Å². The summed E-state index contributed by atoms with van der Waals surface area (Å²) >= 11 is 5.99. The number of hydrogen-bond acceptors (Lipinski definition) is 4. The number of benzene rings is 2. The van der Waals surface area contributed by atoms with Crippen molar-refractivity contribution in [1.29, 1.82) is 0 Å². The summed E-state index contributed by atoms with van der Waals surface area (Å²) in [5, 5.41) is 3.33. The van der Waals surface area contributed by atoms with Gasteiger partial charge in [-0.25, -0.2) is 8.42 Å². The van der Waals surface area contributed by atoms with E-state index in [1.165, 1.54) is 4.90 Å². The van der Waals surface area contributed by atoms with E-state index in [0.717, 1.165) is 21.7 Å². The molecule has 0 saturated heterocycles. The van der Waals surface area contributed by atoms with Crippen molar-refractivity contribution in [2.24, 2.45) is 0 Å². The number of likely N-dealkylation sites (N-methyl/N-ethyl adjacent to an activating group) is 1. The molecule has 1 atom stereocenters. The molecule has 0 saturated carbocycles. The van der Waals surface area contributed by atoms with E-state index in [2.05, 4.69) is 5.32 Å². The third-order valence-electron chi connectivity index (χ3n) is 5.53. The fourth-order valence-electron chi connectivity index (χ4n) is 3.64. The Balaban J connectivity index is 2.41. The van der Waals surface area contributed by atoms with Gasteiger partial charge in [0.2, 0.25) is 21.8 Å². The molecule has 2 amide bonds. The van der Waals surface area contributed by atoms with Gasteiger partial charge in [0.1, 0.15) is 12.6 Å². The van der Waals surface area contributed by atoms with Crippen LogP contribution in [0.1, 0.15) is 51.2 Å². The highest BCUT2D eigenvalue weighted by Gasteiger charge is 2.31.